The number of hydrogen-bond acceptors (Lipinski definition) is 2. The van der Waals surface area contributed by atoms with Crippen molar-refractivity contribution in [2.75, 3.05) is 26.2 Å². The topological polar surface area (TPSA) is 32.3 Å². The molecule has 1 aliphatic heterocycles. The van der Waals surface area contributed by atoms with E-state index in [1.54, 1.807) is 17.0 Å². The van der Waals surface area contributed by atoms with Gasteiger partial charge in [-0.1, -0.05) is 6.07 Å². The molecular weight excluding hydrogens is 287 g/mol. The zero-order valence-electron chi connectivity index (χ0n) is 9.38. The van der Waals surface area contributed by atoms with E-state index < -0.39 is 5.82 Å². The van der Waals surface area contributed by atoms with Gasteiger partial charge in [-0.2, -0.15) is 0 Å². The highest BCUT2D eigenvalue weighted by Crippen LogP contribution is 2.20. The van der Waals surface area contributed by atoms with Crippen molar-refractivity contribution in [1.29, 1.82) is 0 Å². The third kappa shape index (κ3) is 2.84. The van der Waals surface area contributed by atoms with Crippen LogP contribution in [0.1, 0.15) is 16.8 Å². The molecule has 0 spiro atoms. The number of nitrogens with one attached hydrogen (secondary N) is 1. The Morgan fingerprint density at radius 3 is 3.00 bits per heavy atom. The second kappa shape index (κ2) is 5.60. The van der Waals surface area contributed by atoms with Gasteiger partial charge < -0.3 is 10.2 Å². The Morgan fingerprint density at radius 2 is 2.18 bits per heavy atom. The summed E-state index contributed by atoms with van der Waals surface area (Å²) in [7, 11) is 0. The van der Waals surface area contributed by atoms with Crippen LogP contribution in [0.5, 0.6) is 0 Å². The fraction of sp³-hybridized carbons (Fsp3) is 0.417. The SMILES string of the molecule is O=C(c1cccc(Br)c1F)N1CCCNCC1. The Labute approximate surface area is 108 Å². The van der Waals surface area contributed by atoms with Gasteiger partial charge in [-0.15, -0.1) is 0 Å². The summed E-state index contributed by atoms with van der Waals surface area (Å²) in [6.07, 6.45) is 0.904. The molecule has 1 fully saturated rings. The molecule has 0 saturated carbocycles. The number of benzene rings is 1. The van der Waals surface area contributed by atoms with Gasteiger partial charge in [0.05, 0.1) is 10.0 Å². The lowest BCUT2D eigenvalue weighted by atomic mass is 10.2. The predicted octanol–water partition coefficient (Wildman–Crippen LogP) is 2.02. The van der Waals surface area contributed by atoms with Crippen molar-refractivity contribution >= 4 is 21.8 Å². The highest BCUT2D eigenvalue weighted by molar-refractivity contribution is 9.10. The van der Waals surface area contributed by atoms with Crippen LogP contribution in [0.4, 0.5) is 4.39 Å². The molecule has 0 atom stereocenters. The molecule has 2 rings (SSSR count). The molecule has 0 radical (unpaired) electrons. The molecule has 0 bridgehead atoms. The Morgan fingerprint density at radius 1 is 1.35 bits per heavy atom. The van der Waals surface area contributed by atoms with Gasteiger partial charge in [0.15, 0.2) is 0 Å². The molecule has 1 saturated heterocycles. The van der Waals surface area contributed by atoms with Gasteiger partial charge in [0, 0.05) is 19.6 Å². The average Bonchev–Trinajstić information content (AvgIpc) is 2.60. The molecule has 1 aromatic rings. The largest absolute Gasteiger partial charge is 0.337 e. The quantitative estimate of drug-likeness (QED) is 0.861. The molecular formula is C12H14BrFN2O. The third-order valence-corrected chi connectivity index (χ3v) is 3.42. The number of rotatable bonds is 1. The second-order valence-electron chi connectivity index (χ2n) is 4.00. The van der Waals surface area contributed by atoms with E-state index in [1.807, 2.05) is 0 Å². The standard InChI is InChI=1S/C12H14BrFN2O/c13-10-4-1-3-9(11(10)14)12(17)16-7-2-5-15-6-8-16/h1,3-4,15H,2,5-8H2. The van der Waals surface area contributed by atoms with Crippen molar-refractivity contribution in [2.24, 2.45) is 0 Å². The van der Waals surface area contributed by atoms with Crippen molar-refractivity contribution in [1.82, 2.24) is 10.2 Å². The maximum Gasteiger partial charge on any atom is 0.256 e. The summed E-state index contributed by atoms with van der Waals surface area (Å²) in [5, 5.41) is 3.21. The Bertz CT molecular complexity index is 417. The summed E-state index contributed by atoms with van der Waals surface area (Å²) in [5.74, 6) is -0.706. The normalized spacial score (nSPS) is 16.7. The molecule has 92 valence electrons. The first kappa shape index (κ1) is 12.5. The summed E-state index contributed by atoms with van der Waals surface area (Å²) in [6, 6.07) is 4.80. The van der Waals surface area contributed by atoms with Gasteiger partial charge in [0.25, 0.3) is 5.91 Å². The van der Waals surface area contributed by atoms with E-state index in [0.717, 1.165) is 19.5 Å². The van der Waals surface area contributed by atoms with E-state index in [2.05, 4.69) is 21.2 Å². The van der Waals surface area contributed by atoms with E-state index in [0.29, 0.717) is 17.6 Å². The lowest BCUT2D eigenvalue weighted by molar-refractivity contribution is 0.0761. The molecule has 0 aliphatic carbocycles. The van der Waals surface area contributed by atoms with Crippen molar-refractivity contribution in [3.8, 4) is 0 Å². The van der Waals surface area contributed by atoms with Gasteiger partial charge >= 0.3 is 0 Å². The van der Waals surface area contributed by atoms with Crippen LogP contribution in [0.2, 0.25) is 0 Å². The maximum atomic E-state index is 13.8. The first-order valence-electron chi connectivity index (χ1n) is 5.64. The minimum Gasteiger partial charge on any atom is -0.337 e. The summed E-state index contributed by atoms with van der Waals surface area (Å²) >= 11 is 3.10. The Hall–Kier alpha value is -0.940. The first-order valence-corrected chi connectivity index (χ1v) is 6.43. The van der Waals surface area contributed by atoms with Crippen LogP contribution >= 0.6 is 15.9 Å². The molecule has 0 unspecified atom stereocenters. The van der Waals surface area contributed by atoms with Gasteiger partial charge in [0.2, 0.25) is 0 Å². The van der Waals surface area contributed by atoms with Crippen molar-refractivity contribution in [3.05, 3.63) is 34.1 Å². The minimum atomic E-state index is -0.477. The summed E-state index contributed by atoms with van der Waals surface area (Å²) < 4.78 is 14.1. The van der Waals surface area contributed by atoms with E-state index in [9.17, 15) is 9.18 Å². The monoisotopic (exact) mass is 300 g/mol. The molecule has 1 heterocycles. The van der Waals surface area contributed by atoms with Gasteiger partial charge in [-0.25, -0.2) is 4.39 Å². The van der Waals surface area contributed by atoms with E-state index in [1.165, 1.54) is 6.07 Å². The molecule has 17 heavy (non-hydrogen) atoms. The van der Waals surface area contributed by atoms with Crippen molar-refractivity contribution in [2.45, 2.75) is 6.42 Å². The van der Waals surface area contributed by atoms with Gasteiger partial charge in [0.1, 0.15) is 5.82 Å². The van der Waals surface area contributed by atoms with E-state index >= 15 is 0 Å². The summed E-state index contributed by atoms with van der Waals surface area (Å²) in [4.78, 5) is 13.9. The smallest absolute Gasteiger partial charge is 0.256 e. The van der Waals surface area contributed by atoms with Crippen LogP contribution in [0.15, 0.2) is 22.7 Å². The minimum absolute atomic E-state index is 0.140. The zero-order valence-corrected chi connectivity index (χ0v) is 11.0. The molecule has 1 aromatic carbocycles. The molecule has 5 heteroatoms. The highest BCUT2D eigenvalue weighted by atomic mass is 79.9. The average molecular weight is 301 g/mol. The van der Waals surface area contributed by atoms with Crippen LogP contribution in [0.25, 0.3) is 0 Å². The number of carbonyl (C=O) groups excluding carboxylic acids is 1. The summed E-state index contributed by atoms with van der Waals surface area (Å²) in [5.41, 5.74) is 0.140. The fourth-order valence-corrected chi connectivity index (χ4v) is 2.25. The molecule has 1 amide bonds. The maximum absolute atomic E-state index is 13.8. The van der Waals surface area contributed by atoms with Gasteiger partial charge in [-0.3, -0.25) is 4.79 Å². The van der Waals surface area contributed by atoms with Crippen LogP contribution < -0.4 is 5.32 Å². The summed E-state index contributed by atoms with van der Waals surface area (Å²) in [6.45, 7) is 2.98. The number of hydrogen-bond donors (Lipinski definition) is 1. The van der Waals surface area contributed by atoms with E-state index in [-0.39, 0.29) is 11.5 Å². The van der Waals surface area contributed by atoms with Gasteiger partial charge in [-0.05, 0) is 41.0 Å². The Balaban J connectivity index is 2.20. The first-order chi connectivity index (χ1) is 8.20. The van der Waals surface area contributed by atoms with Crippen molar-refractivity contribution < 1.29 is 9.18 Å². The molecule has 1 N–H and O–H groups in total. The fourth-order valence-electron chi connectivity index (χ4n) is 1.89. The molecule has 3 nitrogen and oxygen atoms in total. The Kier molecular flexibility index (Phi) is 4.12. The van der Waals surface area contributed by atoms with Crippen LogP contribution in [0.3, 0.4) is 0 Å². The number of halogens is 2. The zero-order chi connectivity index (χ0) is 12.3. The number of amides is 1. The predicted molar refractivity (Wildman–Crippen MR) is 67.5 cm³/mol. The number of carbonyl (C=O) groups is 1. The lowest BCUT2D eigenvalue weighted by Crippen LogP contribution is -2.34. The van der Waals surface area contributed by atoms with Crippen LogP contribution in [-0.2, 0) is 0 Å². The third-order valence-electron chi connectivity index (χ3n) is 2.81. The second-order valence-corrected chi connectivity index (χ2v) is 4.85. The lowest BCUT2D eigenvalue weighted by Gasteiger charge is -2.20. The van der Waals surface area contributed by atoms with Crippen LogP contribution in [0, 0.1) is 5.82 Å². The van der Waals surface area contributed by atoms with Crippen LogP contribution in [-0.4, -0.2) is 37.0 Å². The molecule has 0 aromatic heterocycles. The number of nitrogens with zero attached hydrogens (tertiary/aromatic N) is 1. The van der Waals surface area contributed by atoms with Crippen molar-refractivity contribution in [3.63, 3.8) is 0 Å². The molecule has 1 aliphatic rings. The highest BCUT2D eigenvalue weighted by Gasteiger charge is 2.20. The van der Waals surface area contributed by atoms with E-state index in [4.69, 9.17) is 0 Å².